The van der Waals surface area contributed by atoms with E-state index in [1.165, 1.54) is 0 Å². The van der Waals surface area contributed by atoms with E-state index >= 15 is 0 Å². The maximum atomic E-state index is 6.19. The van der Waals surface area contributed by atoms with Crippen LogP contribution in [0.25, 0.3) is 0 Å². The Labute approximate surface area is 128 Å². The van der Waals surface area contributed by atoms with E-state index in [4.69, 9.17) is 22.1 Å². The second-order valence-corrected chi connectivity index (χ2v) is 6.17. The van der Waals surface area contributed by atoms with E-state index in [0.717, 1.165) is 22.0 Å². The molecule has 0 atom stereocenters. The minimum atomic E-state index is 0.452. The molecule has 20 heavy (non-hydrogen) atoms. The topological polar surface area (TPSA) is 48.1 Å². The molecule has 0 radical (unpaired) electrons. The molecule has 2 N–H and O–H groups in total. The summed E-state index contributed by atoms with van der Waals surface area (Å²) in [5.41, 5.74) is 7.54. The van der Waals surface area contributed by atoms with Crippen LogP contribution in [0.4, 0.5) is 0 Å². The normalized spacial score (nSPS) is 11.1. The van der Waals surface area contributed by atoms with E-state index in [1.54, 1.807) is 11.3 Å². The predicted octanol–water partition coefficient (Wildman–Crippen LogP) is 4.00. The number of ether oxygens (including phenoxy) is 1. The van der Waals surface area contributed by atoms with Gasteiger partial charge >= 0.3 is 0 Å². The zero-order valence-electron chi connectivity index (χ0n) is 11.7. The van der Waals surface area contributed by atoms with E-state index in [-0.39, 0.29) is 0 Å². The van der Waals surface area contributed by atoms with Crippen LogP contribution in [0.3, 0.4) is 0 Å². The number of nitrogens with zero attached hydrogens (tertiary/aromatic N) is 1. The fourth-order valence-corrected chi connectivity index (χ4v) is 2.95. The molecule has 0 saturated carbocycles. The van der Waals surface area contributed by atoms with Gasteiger partial charge in [0.1, 0.15) is 12.4 Å². The van der Waals surface area contributed by atoms with Gasteiger partial charge in [-0.3, -0.25) is 0 Å². The fourth-order valence-electron chi connectivity index (χ4n) is 1.87. The van der Waals surface area contributed by atoms with Crippen LogP contribution in [-0.4, -0.2) is 11.5 Å². The van der Waals surface area contributed by atoms with Gasteiger partial charge in [-0.05, 0) is 25.1 Å². The number of benzene rings is 1. The third kappa shape index (κ3) is 3.72. The van der Waals surface area contributed by atoms with Gasteiger partial charge < -0.3 is 10.5 Å². The highest BCUT2D eigenvalue weighted by Crippen LogP contribution is 2.28. The number of rotatable bonds is 6. The summed E-state index contributed by atoms with van der Waals surface area (Å²) in [4.78, 5) is 4.56. The molecular formula is C15H19ClN2OS. The maximum absolute atomic E-state index is 6.19. The molecule has 108 valence electrons. The lowest BCUT2D eigenvalue weighted by Crippen LogP contribution is -2.06. The van der Waals surface area contributed by atoms with Crippen LogP contribution in [0.5, 0.6) is 5.75 Å². The van der Waals surface area contributed by atoms with Crippen LogP contribution in [-0.2, 0) is 13.0 Å². The third-order valence-corrected chi connectivity index (χ3v) is 4.46. The second kappa shape index (κ2) is 7.07. The van der Waals surface area contributed by atoms with E-state index in [2.05, 4.69) is 18.8 Å². The Morgan fingerprint density at radius 1 is 1.40 bits per heavy atom. The Kier molecular flexibility index (Phi) is 5.40. The van der Waals surface area contributed by atoms with Gasteiger partial charge in [-0.2, -0.15) is 0 Å². The molecule has 0 fully saturated rings. The molecule has 1 heterocycles. The molecule has 0 amide bonds. The van der Waals surface area contributed by atoms with E-state index in [9.17, 15) is 0 Å². The van der Waals surface area contributed by atoms with Gasteiger partial charge in [-0.15, -0.1) is 11.3 Å². The minimum Gasteiger partial charge on any atom is -0.487 e. The van der Waals surface area contributed by atoms with E-state index < -0.39 is 0 Å². The van der Waals surface area contributed by atoms with E-state index in [1.807, 2.05) is 23.6 Å². The first-order valence-corrected chi connectivity index (χ1v) is 7.92. The molecule has 0 saturated heterocycles. The number of aromatic nitrogens is 1. The Morgan fingerprint density at radius 2 is 2.20 bits per heavy atom. The molecule has 0 aliphatic rings. The molecule has 0 spiro atoms. The number of thiazole rings is 1. The van der Waals surface area contributed by atoms with Gasteiger partial charge in [0.15, 0.2) is 0 Å². The van der Waals surface area contributed by atoms with Crippen molar-refractivity contribution >= 4 is 22.9 Å². The van der Waals surface area contributed by atoms with Crippen LogP contribution in [0, 0.1) is 0 Å². The molecule has 1 aromatic carbocycles. The fraction of sp³-hybridized carbons (Fsp3) is 0.400. The Bertz CT molecular complexity index is 569. The molecule has 3 nitrogen and oxygen atoms in total. The van der Waals surface area contributed by atoms with Crippen molar-refractivity contribution in [3.63, 3.8) is 0 Å². The quantitative estimate of drug-likeness (QED) is 0.877. The van der Waals surface area contributed by atoms with Gasteiger partial charge in [0.05, 0.1) is 10.7 Å². The Balaban J connectivity index is 2.08. The van der Waals surface area contributed by atoms with Crippen molar-refractivity contribution in [3.8, 4) is 5.75 Å². The monoisotopic (exact) mass is 310 g/mol. The summed E-state index contributed by atoms with van der Waals surface area (Å²) in [6.07, 6.45) is 0.712. The molecular weight excluding hydrogens is 292 g/mol. The summed E-state index contributed by atoms with van der Waals surface area (Å²) in [5, 5.41) is 3.88. The number of hydrogen-bond donors (Lipinski definition) is 1. The standard InChI is InChI=1S/C15H19ClN2OS/c1-10(2)15-18-11(9-20-15)8-19-14-5-3-4-13(16)12(14)6-7-17/h3-5,9-10H,6-8,17H2,1-2H3. The summed E-state index contributed by atoms with van der Waals surface area (Å²) in [6.45, 7) is 5.29. The average Bonchev–Trinajstić information content (AvgIpc) is 2.89. The van der Waals surface area contributed by atoms with Crippen molar-refractivity contribution in [2.75, 3.05) is 6.54 Å². The maximum Gasteiger partial charge on any atom is 0.131 e. The summed E-state index contributed by atoms with van der Waals surface area (Å²) < 4.78 is 5.85. The Hall–Kier alpha value is -1.10. The van der Waals surface area contributed by atoms with Crippen molar-refractivity contribution in [2.45, 2.75) is 32.8 Å². The van der Waals surface area contributed by atoms with Crippen molar-refractivity contribution in [2.24, 2.45) is 5.73 Å². The zero-order valence-corrected chi connectivity index (χ0v) is 13.3. The van der Waals surface area contributed by atoms with Crippen LogP contribution >= 0.6 is 22.9 Å². The van der Waals surface area contributed by atoms with Gasteiger partial charge in [0.25, 0.3) is 0 Å². The SMILES string of the molecule is CC(C)c1nc(COc2cccc(Cl)c2CCN)cs1. The average molecular weight is 311 g/mol. The molecule has 0 bridgehead atoms. The van der Waals surface area contributed by atoms with Crippen molar-refractivity contribution in [1.82, 2.24) is 4.98 Å². The molecule has 0 aliphatic carbocycles. The van der Waals surface area contributed by atoms with Crippen LogP contribution in [0.1, 0.15) is 36.0 Å². The van der Waals surface area contributed by atoms with E-state index in [0.29, 0.717) is 30.5 Å². The lowest BCUT2D eigenvalue weighted by atomic mass is 10.1. The first-order valence-electron chi connectivity index (χ1n) is 6.66. The predicted molar refractivity (Wildman–Crippen MR) is 84.7 cm³/mol. The molecule has 0 unspecified atom stereocenters. The molecule has 1 aromatic heterocycles. The van der Waals surface area contributed by atoms with Crippen molar-refractivity contribution in [3.05, 3.63) is 44.9 Å². The summed E-state index contributed by atoms with van der Waals surface area (Å²) in [7, 11) is 0. The number of halogens is 1. The van der Waals surface area contributed by atoms with Gasteiger partial charge in [0.2, 0.25) is 0 Å². The minimum absolute atomic E-state index is 0.452. The van der Waals surface area contributed by atoms with Crippen LogP contribution in [0.2, 0.25) is 5.02 Å². The largest absolute Gasteiger partial charge is 0.487 e. The van der Waals surface area contributed by atoms with Gasteiger partial charge in [-0.1, -0.05) is 31.5 Å². The first-order chi connectivity index (χ1) is 9.61. The van der Waals surface area contributed by atoms with Crippen LogP contribution in [0.15, 0.2) is 23.6 Å². The zero-order chi connectivity index (χ0) is 14.5. The molecule has 5 heteroatoms. The van der Waals surface area contributed by atoms with Gasteiger partial charge in [-0.25, -0.2) is 4.98 Å². The molecule has 2 rings (SSSR count). The summed E-state index contributed by atoms with van der Waals surface area (Å²) in [5.74, 6) is 1.25. The third-order valence-electron chi connectivity index (χ3n) is 2.91. The highest BCUT2D eigenvalue weighted by molar-refractivity contribution is 7.09. The van der Waals surface area contributed by atoms with Crippen molar-refractivity contribution in [1.29, 1.82) is 0 Å². The number of hydrogen-bond acceptors (Lipinski definition) is 4. The Morgan fingerprint density at radius 3 is 2.85 bits per heavy atom. The van der Waals surface area contributed by atoms with Crippen molar-refractivity contribution < 1.29 is 4.74 Å². The first kappa shape index (κ1) is 15.3. The highest BCUT2D eigenvalue weighted by atomic mass is 35.5. The highest BCUT2D eigenvalue weighted by Gasteiger charge is 2.10. The summed E-state index contributed by atoms with van der Waals surface area (Å²) in [6, 6.07) is 5.67. The van der Waals surface area contributed by atoms with Crippen LogP contribution < -0.4 is 10.5 Å². The number of nitrogens with two attached hydrogens (primary N) is 1. The summed E-state index contributed by atoms with van der Waals surface area (Å²) >= 11 is 7.86. The molecule has 0 aliphatic heterocycles. The molecule has 2 aromatic rings. The lowest BCUT2D eigenvalue weighted by Gasteiger charge is -2.11. The van der Waals surface area contributed by atoms with Gasteiger partial charge in [0, 0.05) is 21.9 Å². The smallest absolute Gasteiger partial charge is 0.131 e. The lowest BCUT2D eigenvalue weighted by molar-refractivity contribution is 0.298. The second-order valence-electron chi connectivity index (χ2n) is 4.88.